The molecule has 21 heavy (non-hydrogen) atoms. The summed E-state index contributed by atoms with van der Waals surface area (Å²) >= 11 is 5.93. The molecule has 4 nitrogen and oxygen atoms in total. The van der Waals surface area contributed by atoms with Gasteiger partial charge in [-0.1, -0.05) is 23.7 Å². The Balaban J connectivity index is 2.02. The SMILES string of the molecule is CO[C@@H](CNC(=O)c1ccnc(F)c1)c1cccc(Cl)c1. The molecule has 1 heterocycles. The molecule has 1 aromatic heterocycles. The van der Waals surface area contributed by atoms with Crippen LogP contribution in [0.2, 0.25) is 5.02 Å². The number of nitrogens with one attached hydrogen (secondary N) is 1. The molecule has 0 aliphatic rings. The van der Waals surface area contributed by atoms with E-state index in [9.17, 15) is 9.18 Å². The van der Waals surface area contributed by atoms with E-state index in [1.54, 1.807) is 19.2 Å². The average molecular weight is 309 g/mol. The maximum Gasteiger partial charge on any atom is 0.251 e. The molecule has 0 unspecified atom stereocenters. The number of rotatable bonds is 5. The van der Waals surface area contributed by atoms with Crippen LogP contribution in [0.1, 0.15) is 22.0 Å². The zero-order valence-electron chi connectivity index (χ0n) is 11.3. The second-order valence-electron chi connectivity index (χ2n) is 4.36. The van der Waals surface area contributed by atoms with Crippen molar-refractivity contribution in [2.24, 2.45) is 0 Å². The van der Waals surface area contributed by atoms with Crippen LogP contribution >= 0.6 is 11.6 Å². The number of nitrogens with zero attached hydrogens (tertiary/aromatic N) is 1. The number of carbonyl (C=O) groups is 1. The minimum atomic E-state index is -0.694. The summed E-state index contributed by atoms with van der Waals surface area (Å²) in [6.07, 6.45) is 0.911. The standard InChI is InChI=1S/C15H14ClFN2O2/c1-21-13(10-3-2-4-12(16)7-10)9-19-15(20)11-5-6-18-14(17)8-11/h2-8,13H,9H2,1H3,(H,19,20)/t13-/m0/s1. The lowest BCUT2D eigenvalue weighted by atomic mass is 10.1. The monoisotopic (exact) mass is 308 g/mol. The number of hydrogen-bond donors (Lipinski definition) is 1. The van der Waals surface area contributed by atoms with Crippen molar-refractivity contribution in [2.75, 3.05) is 13.7 Å². The van der Waals surface area contributed by atoms with Crippen molar-refractivity contribution in [3.63, 3.8) is 0 Å². The maximum absolute atomic E-state index is 13.0. The number of methoxy groups -OCH3 is 1. The zero-order chi connectivity index (χ0) is 15.2. The third-order valence-electron chi connectivity index (χ3n) is 2.94. The van der Waals surface area contributed by atoms with E-state index in [-0.39, 0.29) is 24.1 Å². The van der Waals surface area contributed by atoms with E-state index in [4.69, 9.17) is 16.3 Å². The largest absolute Gasteiger partial charge is 0.375 e. The molecule has 1 atom stereocenters. The van der Waals surface area contributed by atoms with E-state index in [0.29, 0.717) is 5.02 Å². The number of benzene rings is 1. The Hall–Kier alpha value is -1.98. The van der Waals surface area contributed by atoms with Gasteiger partial charge >= 0.3 is 0 Å². The van der Waals surface area contributed by atoms with Gasteiger partial charge in [-0.2, -0.15) is 4.39 Å². The lowest BCUT2D eigenvalue weighted by Gasteiger charge is -2.16. The van der Waals surface area contributed by atoms with Gasteiger partial charge in [-0.3, -0.25) is 4.79 Å². The Labute approximate surface area is 126 Å². The quantitative estimate of drug-likeness (QED) is 0.864. The first-order valence-corrected chi connectivity index (χ1v) is 6.66. The molecule has 0 aliphatic heterocycles. The topological polar surface area (TPSA) is 51.2 Å². The predicted octanol–water partition coefficient (Wildman–Crippen LogP) is 2.99. The number of amides is 1. The number of ether oxygens (including phenoxy) is 1. The molecule has 0 bridgehead atoms. The van der Waals surface area contributed by atoms with Gasteiger partial charge in [0.2, 0.25) is 5.95 Å². The van der Waals surface area contributed by atoms with Crippen molar-refractivity contribution >= 4 is 17.5 Å². The molecular weight excluding hydrogens is 295 g/mol. The first kappa shape index (κ1) is 15.4. The Morgan fingerprint density at radius 1 is 1.43 bits per heavy atom. The summed E-state index contributed by atoms with van der Waals surface area (Å²) < 4.78 is 18.3. The molecule has 6 heteroatoms. The summed E-state index contributed by atoms with van der Waals surface area (Å²) in [7, 11) is 1.55. The fraction of sp³-hybridized carbons (Fsp3) is 0.200. The van der Waals surface area contributed by atoms with Gasteiger partial charge in [-0.25, -0.2) is 4.98 Å². The van der Waals surface area contributed by atoms with Crippen LogP contribution in [-0.4, -0.2) is 24.5 Å². The first-order chi connectivity index (χ1) is 10.1. The highest BCUT2D eigenvalue weighted by molar-refractivity contribution is 6.30. The first-order valence-electron chi connectivity index (χ1n) is 6.28. The molecule has 0 aliphatic carbocycles. The molecular formula is C15H14ClFN2O2. The average Bonchev–Trinajstić information content (AvgIpc) is 2.48. The zero-order valence-corrected chi connectivity index (χ0v) is 12.1. The molecule has 2 rings (SSSR count). The summed E-state index contributed by atoms with van der Waals surface area (Å²) in [4.78, 5) is 15.3. The smallest absolute Gasteiger partial charge is 0.251 e. The Morgan fingerprint density at radius 2 is 2.24 bits per heavy atom. The van der Waals surface area contributed by atoms with Crippen LogP contribution in [0.25, 0.3) is 0 Å². The Bertz CT molecular complexity index is 637. The molecule has 1 amide bonds. The van der Waals surface area contributed by atoms with Gasteiger partial charge in [0.25, 0.3) is 5.91 Å². The summed E-state index contributed by atoms with van der Waals surface area (Å²) in [6, 6.07) is 9.72. The van der Waals surface area contributed by atoms with E-state index in [1.807, 2.05) is 12.1 Å². The molecule has 0 spiro atoms. The van der Waals surface area contributed by atoms with E-state index in [1.165, 1.54) is 12.3 Å². The van der Waals surface area contributed by atoms with E-state index < -0.39 is 5.95 Å². The van der Waals surface area contributed by atoms with Gasteiger partial charge in [-0.15, -0.1) is 0 Å². The second-order valence-corrected chi connectivity index (χ2v) is 4.79. The molecule has 2 aromatic rings. The number of aromatic nitrogens is 1. The third kappa shape index (κ3) is 4.24. The van der Waals surface area contributed by atoms with Crippen LogP contribution in [0.3, 0.4) is 0 Å². The minimum Gasteiger partial charge on any atom is -0.375 e. The van der Waals surface area contributed by atoms with Crippen molar-refractivity contribution < 1.29 is 13.9 Å². The van der Waals surface area contributed by atoms with Gasteiger partial charge in [-0.05, 0) is 23.8 Å². The Kier molecular flexibility index (Phi) is 5.25. The van der Waals surface area contributed by atoms with Crippen LogP contribution in [0.15, 0.2) is 42.6 Å². The van der Waals surface area contributed by atoms with E-state index >= 15 is 0 Å². The number of hydrogen-bond acceptors (Lipinski definition) is 3. The van der Waals surface area contributed by atoms with Gasteiger partial charge in [0.15, 0.2) is 0 Å². The summed E-state index contributed by atoms with van der Waals surface area (Å²) in [5.74, 6) is -1.08. The third-order valence-corrected chi connectivity index (χ3v) is 3.18. The van der Waals surface area contributed by atoms with E-state index in [0.717, 1.165) is 11.6 Å². The van der Waals surface area contributed by atoms with Crippen molar-refractivity contribution in [3.05, 3.63) is 64.7 Å². The van der Waals surface area contributed by atoms with Crippen molar-refractivity contribution in [3.8, 4) is 0 Å². The van der Waals surface area contributed by atoms with Crippen LogP contribution in [-0.2, 0) is 4.74 Å². The lowest BCUT2D eigenvalue weighted by molar-refractivity contribution is 0.0827. The molecule has 0 saturated heterocycles. The van der Waals surface area contributed by atoms with Gasteiger partial charge < -0.3 is 10.1 Å². The van der Waals surface area contributed by atoms with Crippen LogP contribution < -0.4 is 5.32 Å². The normalized spacial score (nSPS) is 12.0. The highest BCUT2D eigenvalue weighted by Crippen LogP contribution is 2.19. The molecule has 0 fully saturated rings. The van der Waals surface area contributed by atoms with Gasteiger partial charge in [0.05, 0.1) is 6.10 Å². The summed E-state index contributed by atoms with van der Waals surface area (Å²) in [6.45, 7) is 0.250. The number of carbonyl (C=O) groups excluding carboxylic acids is 1. The van der Waals surface area contributed by atoms with Crippen molar-refractivity contribution in [1.29, 1.82) is 0 Å². The highest BCUT2D eigenvalue weighted by Gasteiger charge is 2.13. The number of halogens is 2. The minimum absolute atomic E-state index is 0.212. The summed E-state index contributed by atoms with van der Waals surface area (Å²) in [5, 5.41) is 3.29. The molecule has 1 aromatic carbocycles. The fourth-order valence-corrected chi connectivity index (χ4v) is 2.07. The highest BCUT2D eigenvalue weighted by atomic mass is 35.5. The summed E-state index contributed by atoms with van der Waals surface area (Å²) in [5.41, 5.74) is 1.06. The molecule has 1 N–H and O–H groups in total. The lowest BCUT2D eigenvalue weighted by Crippen LogP contribution is -2.29. The van der Waals surface area contributed by atoms with Crippen molar-refractivity contribution in [1.82, 2.24) is 10.3 Å². The van der Waals surface area contributed by atoms with E-state index in [2.05, 4.69) is 10.3 Å². The Morgan fingerprint density at radius 3 is 2.90 bits per heavy atom. The van der Waals surface area contributed by atoms with Crippen LogP contribution in [0.4, 0.5) is 4.39 Å². The molecule has 110 valence electrons. The van der Waals surface area contributed by atoms with Crippen molar-refractivity contribution in [2.45, 2.75) is 6.10 Å². The fourth-order valence-electron chi connectivity index (χ4n) is 1.88. The van der Waals surface area contributed by atoms with Gasteiger partial charge in [0.1, 0.15) is 0 Å². The maximum atomic E-state index is 13.0. The molecule has 0 radical (unpaired) electrons. The second kappa shape index (κ2) is 7.15. The van der Waals surface area contributed by atoms with Crippen LogP contribution in [0, 0.1) is 5.95 Å². The van der Waals surface area contributed by atoms with Crippen LogP contribution in [0.5, 0.6) is 0 Å². The number of pyridine rings is 1. The van der Waals surface area contributed by atoms with Gasteiger partial charge in [0, 0.05) is 36.5 Å². The molecule has 0 saturated carbocycles. The predicted molar refractivity (Wildman–Crippen MR) is 77.7 cm³/mol.